The van der Waals surface area contributed by atoms with E-state index < -0.39 is 0 Å². The molecule has 0 aliphatic carbocycles. The van der Waals surface area contributed by atoms with Crippen molar-refractivity contribution in [3.63, 3.8) is 0 Å². The number of alkyl halides is 1. The Morgan fingerprint density at radius 3 is 2.76 bits per heavy atom. The normalized spacial score (nSPS) is 12.6. The zero-order chi connectivity index (χ0) is 12.3. The van der Waals surface area contributed by atoms with Gasteiger partial charge in [0.2, 0.25) is 0 Å². The molecule has 2 aromatic rings. The van der Waals surface area contributed by atoms with E-state index in [1.54, 1.807) is 0 Å². The molecule has 1 aromatic heterocycles. The molecule has 0 aliphatic heterocycles. The van der Waals surface area contributed by atoms with Gasteiger partial charge in [-0.25, -0.2) is 0 Å². The van der Waals surface area contributed by atoms with Crippen LogP contribution in [0.3, 0.4) is 0 Å². The minimum atomic E-state index is 0.379. The maximum absolute atomic E-state index is 5.80. The Labute approximate surface area is 115 Å². The molecule has 17 heavy (non-hydrogen) atoms. The topological polar surface area (TPSA) is 43.8 Å². The van der Waals surface area contributed by atoms with E-state index in [2.05, 4.69) is 52.1 Å². The van der Waals surface area contributed by atoms with E-state index in [-0.39, 0.29) is 0 Å². The van der Waals surface area contributed by atoms with Gasteiger partial charge in [-0.15, -0.1) is 0 Å². The van der Waals surface area contributed by atoms with Crippen molar-refractivity contribution in [2.24, 2.45) is 12.8 Å². The minimum Gasteiger partial charge on any atom is -0.326 e. The smallest absolute Gasteiger partial charge is 0.0528 e. The molecule has 1 heterocycles. The number of nitrogens with two attached hydrogens (primary N) is 1. The molecule has 3 nitrogen and oxygen atoms in total. The summed E-state index contributed by atoms with van der Waals surface area (Å²) in [6.45, 7) is 0.587. The molecule has 1 aromatic carbocycles. The van der Waals surface area contributed by atoms with Gasteiger partial charge in [0.25, 0.3) is 0 Å². The van der Waals surface area contributed by atoms with E-state index >= 15 is 0 Å². The minimum absolute atomic E-state index is 0.379. The summed E-state index contributed by atoms with van der Waals surface area (Å²) in [4.78, 5) is 0. The van der Waals surface area contributed by atoms with Crippen molar-refractivity contribution in [2.45, 2.75) is 12.5 Å². The van der Waals surface area contributed by atoms with Crippen LogP contribution in [0.4, 0.5) is 0 Å². The van der Waals surface area contributed by atoms with Crippen LogP contribution in [0.1, 0.15) is 22.6 Å². The van der Waals surface area contributed by atoms with Crippen molar-refractivity contribution in [3.8, 4) is 0 Å². The molecule has 0 saturated heterocycles. The average molecular weight is 341 g/mol. The standard InChI is InChI=1S/C13H16IN3/c1-17-9-11(8-16-17)13(6-14)12-5-3-2-4-10(12)7-15/h2-5,8-9,13H,6-7,15H2,1H3. The van der Waals surface area contributed by atoms with Gasteiger partial charge in [0.15, 0.2) is 0 Å². The summed E-state index contributed by atoms with van der Waals surface area (Å²) in [5, 5.41) is 4.25. The number of aromatic nitrogens is 2. The summed E-state index contributed by atoms with van der Waals surface area (Å²) in [7, 11) is 1.95. The lowest BCUT2D eigenvalue weighted by molar-refractivity contribution is 0.766. The lowest BCUT2D eigenvalue weighted by Crippen LogP contribution is -2.08. The van der Waals surface area contributed by atoms with Gasteiger partial charge < -0.3 is 5.73 Å². The van der Waals surface area contributed by atoms with Gasteiger partial charge in [0.1, 0.15) is 0 Å². The van der Waals surface area contributed by atoms with E-state index in [0.29, 0.717) is 12.5 Å². The van der Waals surface area contributed by atoms with Crippen molar-refractivity contribution < 1.29 is 0 Å². The zero-order valence-corrected chi connectivity index (χ0v) is 12.0. The molecule has 0 fully saturated rings. The van der Waals surface area contributed by atoms with Crippen LogP contribution in [0, 0.1) is 0 Å². The van der Waals surface area contributed by atoms with Gasteiger partial charge in [0.05, 0.1) is 6.20 Å². The van der Waals surface area contributed by atoms with E-state index in [4.69, 9.17) is 5.73 Å². The first-order chi connectivity index (χ1) is 8.26. The maximum Gasteiger partial charge on any atom is 0.0528 e. The highest BCUT2D eigenvalue weighted by molar-refractivity contribution is 14.1. The van der Waals surface area contributed by atoms with Gasteiger partial charge >= 0.3 is 0 Å². The molecule has 0 saturated carbocycles. The fourth-order valence-corrected chi connectivity index (χ4v) is 3.01. The first-order valence-corrected chi connectivity index (χ1v) is 7.11. The van der Waals surface area contributed by atoms with Crippen LogP contribution in [0.5, 0.6) is 0 Å². The number of halogens is 1. The molecule has 90 valence electrons. The van der Waals surface area contributed by atoms with Crippen molar-refractivity contribution >= 4 is 22.6 Å². The van der Waals surface area contributed by atoms with Crippen LogP contribution in [-0.4, -0.2) is 14.2 Å². The van der Waals surface area contributed by atoms with Gasteiger partial charge in [-0.05, 0) is 16.7 Å². The van der Waals surface area contributed by atoms with Crippen LogP contribution in [0.25, 0.3) is 0 Å². The molecule has 0 amide bonds. The van der Waals surface area contributed by atoms with E-state index in [9.17, 15) is 0 Å². The molecule has 1 atom stereocenters. The van der Waals surface area contributed by atoms with E-state index in [1.165, 1.54) is 16.7 Å². The number of aryl methyl sites for hydroxylation is 1. The Morgan fingerprint density at radius 1 is 1.41 bits per heavy atom. The highest BCUT2D eigenvalue weighted by Crippen LogP contribution is 2.28. The third kappa shape index (κ3) is 2.69. The highest BCUT2D eigenvalue weighted by Gasteiger charge is 2.16. The Bertz CT molecular complexity index is 493. The molecule has 4 heteroatoms. The summed E-state index contributed by atoms with van der Waals surface area (Å²) in [6.07, 6.45) is 4.02. The Morgan fingerprint density at radius 2 is 2.18 bits per heavy atom. The largest absolute Gasteiger partial charge is 0.326 e. The molecular weight excluding hydrogens is 325 g/mol. The van der Waals surface area contributed by atoms with Gasteiger partial charge in [-0.3, -0.25) is 4.68 Å². The molecule has 0 bridgehead atoms. The first kappa shape index (κ1) is 12.6. The Kier molecular flexibility index (Phi) is 4.17. The lowest BCUT2D eigenvalue weighted by Gasteiger charge is -2.16. The second-order valence-corrected chi connectivity index (χ2v) is 4.94. The zero-order valence-electron chi connectivity index (χ0n) is 9.81. The Balaban J connectivity index is 2.41. The fourth-order valence-electron chi connectivity index (χ4n) is 2.03. The molecule has 0 radical (unpaired) electrons. The quantitative estimate of drug-likeness (QED) is 0.686. The van der Waals surface area contributed by atoms with Crippen LogP contribution >= 0.6 is 22.6 Å². The van der Waals surface area contributed by atoms with Crippen molar-refractivity contribution in [1.29, 1.82) is 0 Å². The third-order valence-corrected chi connectivity index (χ3v) is 3.81. The number of hydrogen-bond donors (Lipinski definition) is 1. The van der Waals surface area contributed by atoms with Crippen LogP contribution < -0.4 is 5.73 Å². The van der Waals surface area contributed by atoms with Crippen LogP contribution in [0.15, 0.2) is 36.7 Å². The number of benzene rings is 1. The van der Waals surface area contributed by atoms with Gasteiger partial charge in [-0.2, -0.15) is 5.10 Å². The predicted molar refractivity (Wildman–Crippen MR) is 78.3 cm³/mol. The molecule has 2 N–H and O–H groups in total. The number of nitrogens with zero attached hydrogens (tertiary/aromatic N) is 2. The monoisotopic (exact) mass is 341 g/mol. The van der Waals surface area contributed by atoms with Gasteiger partial charge in [-0.1, -0.05) is 46.9 Å². The third-order valence-electron chi connectivity index (χ3n) is 2.93. The average Bonchev–Trinajstić information content (AvgIpc) is 2.77. The highest BCUT2D eigenvalue weighted by atomic mass is 127. The fraction of sp³-hybridized carbons (Fsp3) is 0.308. The SMILES string of the molecule is Cn1cc(C(CI)c2ccccc2CN)cn1. The van der Waals surface area contributed by atoms with Crippen molar-refractivity contribution in [3.05, 3.63) is 53.3 Å². The molecule has 2 rings (SSSR count). The predicted octanol–water partition coefficient (Wildman–Crippen LogP) is 2.45. The van der Waals surface area contributed by atoms with Crippen LogP contribution in [-0.2, 0) is 13.6 Å². The molecule has 0 aliphatic rings. The van der Waals surface area contributed by atoms with E-state index in [0.717, 1.165) is 4.43 Å². The summed E-state index contributed by atoms with van der Waals surface area (Å²) in [5.41, 5.74) is 9.59. The van der Waals surface area contributed by atoms with Gasteiger partial charge in [0, 0.05) is 30.1 Å². The number of hydrogen-bond acceptors (Lipinski definition) is 2. The van der Waals surface area contributed by atoms with Crippen LogP contribution in [0.2, 0.25) is 0 Å². The maximum atomic E-state index is 5.80. The van der Waals surface area contributed by atoms with Crippen molar-refractivity contribution in [1.82, 2.24) is 9.78 Å². The Hall–Kier alpha value is -0.880. The first-order valence-electron chi connectivity index (χ1n) is 5.58. The molecule has 0 spiro atoms. The molecular formula is C13H16IN3. The summed E-state index contributed by atoms with van der Waals surface area (Å²) >= 11 is 2.42. The second-order valence-electron chi connectivity index (χ2n) is 4.06. The lowest BCUT2D eigenvalue weighted by atomic mass is 9.91. The second kappa shape index (κ2) is 5.64. The molecule has 1 unspecified atom stereocenters. The summed E-state index contributed by atoms with van der Waals surface area (Å²) in [5.74, 6) is 0.379. The summed E-state index contributed by atoms with van der Waals surface area (Å²) in [6, 6.07) is 8.38. The van der Waals surface area contributed by atoms with Crippen molar-refractivity contribution in [2.75, 3.05) is 4.43 Å². The van der Waals surface area contributed by atoms with E-state index in [1.807, 2.05) is 24.0 Å². The summed E-state index contributed by atoms with van der Waals surface area (Å²) < 4.78 is 2.88. The number of rotatable bonds is 4.